The van der Waals surface area contributed by atoms with Gasteiger partial charge in [-0.25, -0.2) is 4.98 Å². The Kier molecular flexibility index (Phi) is 4.49. The van der Waals surface area contributed by atoms with Crippen molar-refractivity contribution in [3.8, 4) is 11.3 Å². The van der Waals surface area contributed by atoms with E-state index in [4.69, 9.17) is 0 Å². The van der Waals surface area contributed by atoms with Gasteiger partial charge in [-0.1, -0.05) is 24.3 Å². The van der Waals surface area contributed by atoms with E-state index in [1.54, 1.807) is 23.7 Å². The fourth-order valence-electron chi connectivity index (χ4n) is 3.43. The van der Waals surface area contributed by atoms with Crippen molar-refractivity contribution in [2.45, 2.75) is 0 Å². The van der Waals surface area contributed by atoms with Gasteiger partial charge in [0.2, 0.25) is 0 Å². The lowest BCUT2D eigenvalue weighted by Gasteiger charge is -2.32. The smallest absolute Gasteiger partial charge is 0.277 e. The van der Waals surface area contributed by atoms with Crippen LogP contribution < -0.4 is 5.56 Å². The molecule has 1 aliphatic heterocycles. The summed E-state index contributed by atoms with van der Waals surface area (Å²) >= 11 is 0. The molecule has 6 heteroatoms. The molecule has 1 amide bonds. The first-order chi connectivity index (χ1) is 13.0. The number of rotatable bonds is 2. The molecule has 1 aromatic heterocycles. The van der Waals surface area contributed by atoms with E-state index in [9.17, 15) is 9.59 Å². The molecule has 0 bridgehead atoms. The minimum Gasteiger partial charge on any atom is -0.336 e. The van der Waals surface area contributed by atoms with E-state index >= 15 is 0 Å². The molecule has 0 saturated carbocycles. The lowest BCUT2D eigenvalue weighted by atomic mass is 10.1. The van der Waals surface area contributed by atoms with Gasteiger partial charge in [0, 0.05) is 44.4 Å². The van der Waals surface area contributed by atoms with Crippen LogP contribution in [0.5, 0.6) is 0 Å². The summed E-state index contributed by atoms with van der Waals surface area (Å²) < 4.78 is 1.61. The summed E-state index contributed by atoms with van der Waals surface area (Å²) in [6.07, 6.45) is 0. The molecular formula is C21H22N4O2. The van der Waals surface area contributed by atoms with Crippen LogP contribution in [0.3, 0.4) is 0 Å². The third-order valence-corrected chi connectivity index (χ3v) is 5.18. The second-order valence-corrected chi connectivity index (χ2v) is 6.99. The lowest BCUT2D eigenvalue weighted by molar-refractivity contribution is 0.0664. The number of nitrogens with zero attached hydrogens (tertiary/aromatic N) is 4. The van der Waals surface area contributed by atoms with Gasteiger partial charge in [0.15, 0.2) is 0 Å². The largest absolute Gasteiger partial charge is 0.336 e. The number of fused-ring (bicyclic) bond motifs is 1. The van der Waals surface area contributed by atoms with E-state index in [2.05, 4.69) is 16.9 Å². The maximum atomic E-state index is 12.7. The molecule has 2 aromatic carbocycles. The molecule has 0 atom stereocenters. The second-order valence-electron chi connectivity index (χ2n) is 6.99. The van der Waals surface area contributed by atoms with Crippen LogP contribution in [0.1, 0.15) is 10.4 Å². The Morgan fingerprint density at radius 3 is 2.30 bits per heavy atom. The van der Waals surface area contributed by atoms with Gasteiger partial charge in [0.05, 0.1) is 11.0 Å². The molecule has 1 fully saturated rings. The summed E-state index contributed by atoms with van der Waals surface area (Å²) in [4.78, 5) is 34.0. The van der Waals surface area contributed by atoms with E-state index in [0.717, 1.165) is 42.8 Å². The van der Waals surface area contributed by atoms with Crippen LogP contribution in [0, 0.1) is 0 Å². The van der Waals surface area contributed by atoms with Crippen LogP contribution in [0.4, 0.5) is 0 Å². The molecule has 1 saturated heterocycles. The molecule has 0 aliphatic carbocycles. The first-order valence-electron chi connectivity index (χ1n) is 9.08. The van der Waals surface area contributed by atoms with Crippen molar-refractivity contribution >= 4 is 16.9 Å². The third kappa shape index (κ3) is 3.24. The van der Waals surface area contributed by atoms with Gasteiger partial charge < -0.3 is 14.4 Å². The highest BCUT2D eigenvalue weighted by atomic mass is 16.2. The summed E-state index contributed by atoms with van der Waals surface area (Å²) in [6, 6.07) is 14.8. The minimum absolute atomic E-state index is 0.0361. The first-order valence-corrected chi connectivity index (χ1v) is 9.08. The van der Waals surface area contributed by atoms with E-state index in [1.165, 1.54) is 0 Å². The number of amides is 1. The van der Waals surface area contributed by atoms with Crippen molar-refractivity contribution < 1.29 is 4.79 Å². The predicted octanol–water partition coefficient (Wildman–Crippen LogP) is 1.99. The zero-order valence-corrected chi connectivity index (χ0v) is 15.6. The number of benzene rings is 2. The molecule has 2 heterocycles. The Labute approximate surface area is 157 Å². The Morgan fingerprint density at radius 2 is 1.59 bits per heavy atom. The molecular weight excluding hydrogens is 340 g/mol. The van der Waals surface area contributed by atoms with E-state index in [-0.39, 0.29) is 11.5 Å². The molecule has 4 rings (SSSR count). The maximum Gasteiger partial charge on any atom is 0.277 e. The Bertz CT molecular complexity index is 1050. The molecule has 0 N–H and O–H groups in total. The van der Waals surface area contributed by atoms with Gasteiger partial charge in [-0.3, -0.25) is 9.59 Å². The number of carbonyl (C=O) groups is 1. The maximum absolute atomic E-state index is 12.7. The molecule has 0 unspecified atom stereocenters. The van der Waals surface area contributed by atoms with Crippen molar-refractivity contribution in [1.82, 2.24) is 19.4 Å². The van der Waals surface area contributed by atoms with Crippen molar-refractivity contribution in [2.75, 3.05) is 33.2 Å². The fraction of sp³-hybridized carbons (Fsp3) is 0.286. The zero-order chi connectivity index (χ0) is 19.0. The molecule has 0 spiro atoms. The zero-order valence-electron chi connectivity index (χ0n) is 15.6. The van der Waals surface area contributed by atoms with Crippen LogP contribution in [-0.4, -0.2) is 58.5 Å². The quantitative estimate of drug-likeness (QED) is 0.700. The summed E-state index contributed by atoms with van der Waals surface area (Å²) in [5.41, 5.74) is 3.18. The van der Waals surface area contributed by atoms with Gasteiger partial charge >= 0.3 is 0 Å². The highest BCUT2D eigenvalue weighted by Gasteiger charge is 2.20. The van der Waals surface area contributed by atoms with E-state index < -0.39 is 0 Å². The van der Waals surface area contributed by atoms with Crippen molar-refractivity contribution in [3.63, 3.8) is 0 Å². The molecule has 138 valence electrons. The number of hydrogen-bond donors (Lipinski definition) is 0. The van der Waals surface area contributed by atoms with E-state index in [1.807, 2.05) is 41.3 Å². The topological polar surface area (TPSA) is 58.4 Å². The number of likely N-dealkylation sites (N-methyl/N-ethyl adjacent to an activating group) is 1. The highest BCUT2D eigenvalue weighted by molar-refractivity contribution is 5.94. The minimum atomic E-state index is -0.146. The molecule has 0 radical (unpaired) electrons. The molecule has 3 aromatic rings. The van der Waals surface area contributed by atoms with Crippen molar-refractivity contribution in [3.05, 3.63) is 64.4 Å². The predicted molar refractivity (Wildman–Crippen MR) is 106 cm³/mol. The van der Waals surface area contributed by atoms with Crippen molar-refractivity contribution in [1.29, 1.82) is 0 Å². The summed E-state index contributed by atoms with van der Waals surface area (Å²) in [5, 5.41) is 0. The summed E-state index contributed by atoms with van der Waals surface area (Å²) in [5.74, 6) is 0.0361. The van der Waals surface area contributed by atoms with Gasteiger partial charge in [0.1, 0.15) is 5.69 Å². The Balaban J connectivity index is 1.65. The number of carbonyl (C=O) groups excluding carboxylic acids is 1. The van der Waals surface area contributed by atoms with E-state index in [0.29, 0.717) is 11.3 Å². The highest BCUT2D eigenvalue weighted by Crippen LogP contribution is 2.19. The SMILES string of the molecule is CN1CCN(C(=O)c2ccc(-c3nc4ccccc4n(C)c3=O)cc2)CC1. The average molecular weight is 362 g/mol. The normalized spacial score (nSPS) is 15.3. The fourth-order valence-corrected chi connectivity index (χ4v) is 3.43. The average Bonchev–Trinajstić information content (AvgIpc) is 2.71. The van der Waals surface area contributed by atoms with Gasteiger partial charge in [-0.2, -0.15) is 0 Å². The number of aryl methyl sites for hydroxylation is 1. The Morgan fingerprint density at radius 1 is 0.926 bits per heavy atom. The van der Waals surface area contributed by atoms with Gasteiger partial charge in [-0.05, 0) is 31.3 Å². The van der Waals surface area contributed by atoms with Crippen LogP contribution >= 0.6 is 0 Å². The number of aromatic nitrogens is 2. The Hall–Kier alpha value is -2.99. The molecule has 1 aliphatic rings. The second kappa shape index (κ2) is 6.96. The lowest BCUT2D eigenvalue weighted by Crippen LogP contribution is -2.47. The molecule has 27 heavy (non-hydrogen) atoms. The third-order valence-electron chi connectivity index (χ3n) is 5.18. The standard InChI is InChI=1S/C21H22N4O2/c1-23-11-13-25(14-12-23)20(26)16-9-7-15(8-10-16)19-21(27)24(2)18-6-4-3-5-17(18)22-19/h3-10H,11-14H2,1-2H3. The van der Waals surface area contributed by atoms with Crippen LogP contribution in [0.2, 0.25) is 0 Å². The first kappa shape index (κ1) is 17.4. The summed E-state index contributed by atoms with van der Waals surface area (Å²) in [7, 11) is 3.81. The van der Waals surface area contributed by atoms with Crippen LogP contribution in [-0.2, 0) is 7.05 Å². The van der Waals surface area contributed by atoms with Crippen molar-refractivity contribution in [2.24, 2.45) is 7.05 Å². The van der Waals surface area contributed by atoms with Crippen LogP contribution in [0.25, 0.3) is 22.3 Å². The van der Waals surface area contributed by atoms with Gasteiger partial charge in [0.25, 0.3) is 11.5 Å². The summed E-state index contributed by atoms with van der Waals surface area (Å²) in [6.45, 7) is 3.26. The number of para-hydroxylation sites is 2. The molecule has 6 nitrogen and oxygen atoms in total. The monoisotopic (exact) mass is 362 g/mol. The van der Waals surface area contributed by atoms with Crippen LogP contribution in [0.15, 0.2) is 53.3 Å². The van der Waals surface area contributed by atoms with Gasteiger partial charge in [-0.15, -0.1) is 0 Å². The number of piperazine rings is 1. The number of hydrogen-bond acceptors (Lipinski definition) is 4.